The van der Waals surface area contributed by atoms with Gasteiger partial charge in [-0.15, -0.1) is 11.3 Å². The third kappa shape index (κ3) is 3.10. The van der Waals surface area contributed by atoms with Crippen LogP contribution in [0.4, 0.5) is 0 Å². The number of aromatic nitrogens is 2. The number of rotatable bonds is 5. The highest BCUT2D eigenvalue weighted by atomic mass is 32.1. The van der Waals surface area contributed by atoms with Gasteiger partial charge in [0, 0.05) is 16.2 Å². The van der Waals surface area contributed by atoms with E-state index < -0.39 is 0 Å². The van der Waals surface area contributed by atoms with E-state index in [4.69, 9.17) is 5.84 Å². The van der Waals surface area contributed by atoms with Crippen LogP contribution >= 0.6 is 11.3 Å². The number of nitrogens with one attached hydrogen (secondary N) is 1. The molecule has 0 saturated carbocycles. The number of fused-ring (bicyclic) bond motifs is 1. The second-order valence-electron chi connectivity index (χ2n) is 4.93. The lowest BCUT2D eigenvalue weighted by atomic mass is 10.1. The zero-order valence-electron chi connectivity index (χ0n) is 11.9. The highest BCUT2D eigenvalue weighted by molar-refractivity contribution is 7.11. The molecule has 0 radical (unpaired) electrons. The molecule has 2 aromatic heterocycles. The summed E-state index contributed by atoms with van der Waals surface area (Å²) < 4.78 is 0. The van der Waals surface area contributed by atoms with E-state index in [0.29, 0.717) is 0 Å². The minimum Gasteiger partial charge on any atom is -0.271 e. The molecular weight excluding hydrogens is 280 g/mol. The molecule has 1 unspecified atom stereocenters. The van der Waals surface area contributed by atoms with Crippen molar-refractivity contribution in [1.82, 2.24) is 15.4 Å². The van der Waals surface area contributed by atoms with Gasteiger partial charge < -0.3 is 0 Å². The molecule has 3 N–H and O–H groups in total. The number of nitrogens with two attached hydrogens (primary N) is 1. The molecule has 0 bridgehead atoms. The lowest BCUT2D eigenvalue weighted by Crippen LogP contribution is -2.30. The third-order valence-corrected chi connectivity index (χ3v) is 4.75. The molecule has 0 saturated heterocycles. The summed E-state index contributed by atoms with van der Waals surface area (Å²) in [7, 11) is 0. The zero-order chi connectivity index (χ0) is 14.7. The summed E-state index contributed by atoms with van der Waals surface area (Å²) in [6.45, 7) is 2.17. The Hall–Kier alpha value is -1.82. The average Bonchev–Trinajstić information content (AvgIpc) is 3.00. The number of para-hydroxylation sites is 2. The van der Waals surface area contributed by atoms with Gasteiger partial charge >= 0.3 is 0 Å². The van der Waals surface area contributed by atoms with Crippen molar-refractivity contribution in [2.24, 2.45) is 5.84 Å². The van der Waals surface area contributed by atoms with Crippen LogP contribution < -0.4 is 11.3 Å². The van der Waals surface area contributed by atoms with Crippen molar-refractivity contribution in [2.45, 2.75) is 25.8 Å². The fourth-order valence-corrected chi connectivity index (χ4v) is 3.31. The standard InChI is InChI=1S/C16H18N4S/c1-2-11-7-8-12(21-11)9-15(20-17)16-10-18-13-5-3-4-6-14(13)19-16/h3-8,10,15,20H,2,9,17H2,1H3. The molecule has 0 aliphatic rings. The summed E-state index contributed by atoms with van der Waals surface area (Å²) >= 11 is 1.83. The number of benzene rings is 1. The molecule has 0 fully saturated rings. The summed E-state index contributed by atoms with van der Waals surface area (Å²) in [4.78, 5) is 11.8. The van der Waals surface area contributed by atoms with Gasteiger partial charge in [0.1, 0.15) is 0 Å². The normalized spacial score (nSPS) is 12.7. The van der Waals surface area contributed by atoms with Crippen LogP contribution in [0.15, 0.2) is 42.6 Å². The van der Waals surface area contributed by atoms with Gasteiger partial charge in [-0.25, -0.2) is 4.98 Å². The van der Waals surface area contributed by atoms with Crippen molar-refractivity contribution in [1.29, 1.82) is 0 Å². The van der Waals surface area contributed by atoms with Gasteiger partial charge in [0.2, 0.25) is 0 Å². The van der Waals surface area contributed by atoms with Gasteiger partial charge in [0.05, 0.1) is 29.0 Å². The Bertz CT molecular complexity index is 738. The molecule has 4 nitrogen and oxygen atoms in total. The second kappa shape index (κ2) is 6.30. The molecule has 3 rings (SSSR count). The third-order valence-electron chi connectivity index (χ3n) is 3.50. The number of hydrazine groups is 1. The lowest BCUT2D eigenvalue weighted by molar-refractivity contribution is 0.542. The SMILES string of the molecule is CCc1ccc(CC(NN)c2cnc3ccccc3n2)s1. The van der Waals surface area contributed by atoms with Gasteiger partial charge in [-0.05, 0) is 30.7 Å². The van der Waals surface area contributed by atoms with Gasteiger partial charge in [-0.1, -0.05) is 19.1 Å². The van der Waals surface area contributed by atoms with E-state index in [9.17, 15) is 0 Å². The molecule has 3 aromatic rings. The maximum Gasteiger partial charge on any atom is 0.0890 e. The molecule has 0 spiro atoms. The molecule has 5 heteroatoms. The first kappa shape index (κ1) is 14.1. The number of hydrogen-bond acceptors (Lipinski definition) is 5. The average molecular weight is 298 g/mol. The van der Waals surface area contributed by atoms with E-state index in [1.807, 2.05) is 35.6 Å². The van der Waals surface area contributed by atoms with E-state index in [0.717, 1.165) is 29.6 Å². The molecule has 0 amide bonds. The number of nitrogens with zero attached hydrogens (tertiary/aromatic N) is 2. The highest BCUT2D eigenvalue weighted by Crippen LogP contribution is 2.23. The van der Waals surface area contributed by atoms with Crippen molar-refractivity contribution in [3.63, 3.8) is 0 Å². The summed E-state index contributed by atoms with van der Waals surface area (Å²) in [6.07, 6.45) is 3.70. The Balaban J connectivity index is 1.86. The fourth-order valence-electron chi connectivity index (χ4n) is 2.31. The first-order chi connectivity index (χ1) is 10.3. The Morgan fingerprint density at radius 3 is 2.62 bits per heavy atom. The van der Waals surface area contributed by atoms with E-state index in [2.05, 4.69) is 34.5 Å². The van der Waals surface area contributed by atoms with Crippen molar-refractivity contribution in [3.05, 3.63) is 58.0 Å². The Kier molecular flexibility index (Phi) is 4.24. The van der Waals surface area contributed by atoms with Gasteiger partial charge in [-0.3, -0.25) is 16.3 Å². The van der Waals surface area contributed by atoms with Gasteiger partial charge in [-0.2, -0.15) is 0 Å². The van der Waals surface area contributed by atoms with Crippen LogP contribution in [0, 0.1) is 0 Å². The molecule has 0 aliphatic carbocycles. The van der Waals surface area contributed by atoms with Crippen LogP contribution in [-0.2, 0) is 12.8 Å². The zero-order valence-corrected chi connectivity index (χ0v) is 12.7. The summed E-state index contributed by atoms with van der Waals surface area (Å²) in [5.74, 6) is 5.72. The van der Waals surface area contributed by atoms with Crippen molar-refractivity contribution in [3.8, 4) is 0 Å². The molecular formula is C16H18N4S. The lowest BCUT2D eigenvalue weighted by Gasteiger charge is -2.14. The van der Waals surface area contributed by atoms with E-state index in [1.54, 1.807) is 6.20 Å². The van der Waals surface area contributed by atoms with Crippen LogP contribution in [-0.4, -0.2) is 9.97 Å². The van der Waals surface area contributed by atoms with Crippen molar-refractivity contribution < 1.29 is 0 Å². The quantitative estimate of drug-likeness (QED) is 0.561. The van der Waals surface area contributed by atoms with Crippen LogP contribution in [0.3, 0.4) is 0 Å². The van der Waals surface area contributed by atoms with Crippen molar-refractivity contribution >= 4 is 22.4 Å². The first-order valence-corrected chi connectivity index (χ1v) is 7.87. The monoisotopic (exact) mass is 298 g/mol. The molecule has 1 atom stereocenters. The minimum absolute atomic E-state index is 0.0227. The fraction of sp³-hybridized carbons (Fsp3) is 0.250. The predicted molar refractivity (Wildman–Crippen MR) is 87.0 cm³/mol. The van der Waals surface area contributed by atoms with Crippen LogP contribution in [0.1, 0.15) is 28.4 Å². The molecule has 0 aliphatic heterocycles. The van der Waals surface area contributed by atoms with Gasteiger partial charge in [0.15, 0.2) is 0 Å². The van der Waals surface area contributed by atoms with Crippen LogP contribution in [0.2, 0.25) is 0 Å². The van der Waals surface area contributed by atoms with Crippen LogP contribution in [0.25, 0.3) is 11.0 Å². The Morgan fingerprint density at radius 1 is 1.14 bits per heavy atom. The second-order valence-corrected chi connectivity index (χ2v) is 6.18. The predicted octanol–water partition coefficient (Wildman–Crippen LogP) is 3.00. The number of aryl methyl sites for hydroxylation is 1. The maximum absolute atomic E-state index is 5.72. The molecule has 108 valence electrons. The molecule has 2 heterocycles. The number of thiophene rings is 1. The van der Waals surface area contributed by atoms with E-state index >= 15 is 0 Å². The number of hydrogen-bond donors (Lipinski definition) is 2. The Labute approximate surface area is 128 Å². The van der Waals surface area contributed by atoms with Crippen molar-refractivity contribution in [2.75, 3.05) is 0 Å². The molecule has 21 heavy (non-hydrogen) atoms. The summed E-state index contributed by atoms with van der Waals surface area (Å²) in [6, 6.07) is 12.2. The Morgan fingerprint density at radius 2 is 1.90 bits per heavy atom. The topological polar surface area (TPSA) is 63.8 Å². The first-order valence-electron chi connectivity index (χ1n) is 7.05. The van der Waals surface area contributed by atoms with E-state index in [-0.39, 0.29) is 6.04 Å². The largest absolute Gasteiger partial charge is 0.271 e. The van der Waals surface area contributed by atoms with Crippen LogP contribution in [0.5, 0.6) is 0 Å². The highest BCUT2D eigenvalue weighted by Gasteiger charge is 2.14. The van der Waals surface area contributed by atoms with E-state index in [1.165, 1.54) is 9.75 Å². The summed E-state index contributed by atoms with van der Waals surface area (Å²) in [5.41, 5.74) is 5.54. The smallest absolute Gasteiger partial charge is 0.0890 e. The molecule has 1 aromatic carbocycles. The minimum atomic E-state index is -0.0227. The maximum atomic E-state index is 5.72. The summed E-state index contributed by atoms with van der Waals surface area (Å²) in [5, 5.41) is 0. The van der Waals surface area contributed by atoms with Gasteiger partial charge in [0.25, 0.3) is 0 Å².